The number of carbonyl (C=O) groups excluding carboxylic acids is 1. The van der Waals surface area contributed by atoms with Crippen molar-refractivity contribution in [1.29, 1.82) is 0 Å². The Bertz CT molecular complexity index is 672. The van der Waals surface area contributed by atoms with Gasteiger partial charge < -0.3 is 25.3 Å². The molecular formula is C23H38N6O. The number of nitrogens with one attached hydrogen (secondary N) is 2. The van der Waals surface area contributed by atoms with E-state index in [-0.39, 0.29) is 12.5 Å². The summed E-state index contributed by atoms with van der Waals surface area (Å²) in [5.41, 5.74) is 1.23. The monoisotopic (exact) mass is 414 g/mol. The lowest BCUT2D eigenvalue weighted by Crippen LogP contribution is -2.52. The number of guanidine groups is 1. The molecule has 0 radical (unpaired) electrons. The van der Waals surface area contributed by atoms with Crippen LogP contribution in [-0.2, 0) is 4.79 Å². The van der Waals surface area contributed by atoms with Gasteiger partial charge in [0.1, 0.15) is 0 Å². The molecule has 3 rings (SSSR count). The van der Waals surface area contributed by atoms with Crippen LogP contribution in [0.5, 0.6) is 0 Å². The summed E-state index contributed by atoms with van der Waals surface area (Å²) < 4.78 is 0. The zero-order valence-corrected chi connectivity index (χ0v) is 18.6. The van der Waals surface area contributed by atoms with Crippen molar-refractivity contribution in [3.05, 3.63) is 30.3 Å². The zero-order valence-electron chi connectivity index (χ0n) is 18.6. The number of hydrogen-bond acceptors (Lipinski definition) is 4. The van der Waals surface area contributed by atoms with Gasteiger partial charge in [0.15, 0.2) is 5.96 Å². The SMILES string of the molecule is CN=C(NCCCN1CCCCC1C)NCC(=O)N1CCN(c2ccccc2)CC1. The van der Waals surface area contributed by atoms with Crippen LogP contribution < -0.4 is 15.5 Å². The Morgan fingerprint density at radius 1 is 1.07 bits per heavy atom. The highest BCUT2D eigenvalue weighted by Crippen LogP contribution is 2.16. The van der Waals surface area contributed by atoms with Gasteiger partial charge in [-0.3, -0.25) is 9.79 Å². The Hall–Kier alpha value is -2.28. The third-order valence-electron chi connectivity index (χ3n) is 6.24. The zero-order chi connectivity index (χ0) is 21.2. The molecule has 166 valence electrons. The van der Waals surface area contributed by atoms with Gasteiger partial charge >= 0.3 is 0 Å². The number of likely N-dealkylation sites (tertiary alicyclic amines) is 1. The first-order chi connectivity index (χ1) is 14.7. The lowest BCUT2D eigenvalue weighted by atomic mass is 10.0. The maximum atomic E-state index is 12.6. The number of nitrogens with zero attached hydrogens (tertiary/aromatic N) is 4. The summed E-state index contributed by atoms with van der Waals surface area (Å²) in [5.74, 6) is 0.839. The first-order valence-corrected chi connectivity index (χ1v) is 11.4. The average Bonchev–Trinajstić information content (AvgIpc) is 2.80. The molecule has 2 heterocycles. The van der Waals surface area contributed by atoms with Gasteiger partial charge in [-0.25, -0.2) is 0 Å². The Labute approximate surface area is 181 Å². The van der Waals surface area contributed by atoms with Gasteiger partial charge in [0.25, 0.3) is 0 Å². The molecule has 0 aliphatic carbocycles. The molecule has 1 aromatic carbocycles. The fourth-order valence-electron chi connectivity index (χ4n) is 4.32. The molecule has 1 aromatic rings. The lowest BCUT2D eigenvalue weighted by Gasteiger charge is -2.36. The minimum absolute atomic E-state index is 0.132. The second-order valence-electron chi connectivity index (χ2n) is 8.29. The van der Waals surface area contributed by atoms with E-state index in [2.05, 4.69) is 56.6 Å². The Balaban J connectivity index is 1.31. The van der Waals surface area contributed by atoms with Crippen molar-refractivity contribution < 1.29 is 4.79 Å². The van der Waals surface area contributed by atoms with E-state index in [0.29, 0.717) is 12.0 Å². The normalized spacial score (nSPS) is 20.9. The van der Waals surface area contributed by atoms with Crippen LogP contribution in [0.15, 0.2) is 35.3 Å². The van der Waals surface area contributed by atoms with Crippen molar-refractivity contribution in [2.75, 3.05) is 64.3 Å². The van der Waals surface area contributed by atoms with Crippen LogP contribution in [0.3, 0.4) is 0 Å². The van der Waals surface area contributed by atoms with Crippen LogP contribution in [0, 0.1) is 0 Å². The lowest BCUT2D eigenvalue weighted by molar-refractivity contribution is -0.130. The summed E-state index contributed by atoms with van der Waals surface area (Å²) in [4.78, 5) is 23.7. The van der Waals surface area contributed by atoms with E-state index < -0.39 is 0 Å². The molecule has 0 saturated carbocycles. The Morgan fingerprint density at radius 3 is 2.53 bits per heavy atom. The number of para-hydroxylation sites is 1. The minimum atomic E-state index is 0.132. The topological polar surface area (TPSA) is 63.2 Å². The molecule has 1 atom stereocenters. The van der Waals surface area contributed by atoms with Crippen molar-refractivity contribution >= 4 is 17.6 Å². The number of aliphatic imine (C=N–C) groups is 1. The number of amides is 1. The molecular weight excluding hydrogens is 376 g/mol. The van der Waals surface area contributed by atoms with Crippen molar-refractivity contribution in [2.24, 2.45) is 4.99 Å². The molecule has 2 saturated heterocycles. The standard InChI is InChI=1S/C23H38N6O/c1-20-9-6-7-13-27(20)14-8-12-25-23(24-2)26-19-22(30)29-17-15-28(16-18-29)21-10-4-3-5-11-21/h3-5,10-11,20H,6-9,12-19H2,1-2H3,(H2,24,25,26). The van der Waals surface area contributed by atoms with Gasteiger partial charge in [0, 0.05) is 58.0 Å². The largest absolute Gasteiger partial charge is 0.368 e. The van der Waals surface area contributed by atoms with E-state index in [4.69, 9.17) is 0 Å². The van der Waals surface area contributed by atoms with Crippen molar-refractivity contribution in [3.8, 4) is 0 Å². The van der Waals surface area contributed by atoms with Gasteiger partial charge in [-0.2, -0.15) is 0 Å². The molecule has 1 amide bonds. The third kappa shape index (κ3) is 6.62. The summed E-state index contributed by atoms with van der Waals surface area (Å²) in [6.45, 7) is 9.09. The van der Waals surface area contributed by atoms with Crippen LogP contribution in [0.2, 0.25) is 0 Å². The van der Waals surface area contributed by atoms with E-state index in [1.807, 2.05) is 11.0 Å². The van der Waals surface area contributed by atoms with Gasteiger partial charge in [-0.05, 0) is 44.9 Å². The quantitative estimate of drug-likeness (QED) is 0.404. The Kier molecular flexibility index (Phi) is 8.81. The van der Waals surface area contributed by atoms with Gasteiger partial charge in [-0.15, -0.1) is 0 Å². The van der Waals surface area contributed by atoms with Crippen LogP contribution >= 0.6 is 0 Å². The van der Waals surface area contributed by atoms with Gasteiger partial charge in [0.2, 0.25) is 5.91 Å². The number of rotatable bonds is 7. The highest BCUT2D eigenvalue weighted by Gasteiger charge is 2.21. The predicted octanol–water partition coefficient (Wildman–Crippen LogP) is 1.76. The first-order valence-electron chi connectivity index (χ1n) is 11.4. The molecule has 2 aliphatic rings. The van der Waals surface area contributed by atoms with Crippen LogP contribution in [0.25, 0.3) is 0 Å². The number of benzene rings is 1. The Morgan fingerprint density at radius 2 is 1.83 bits per heavy atom. The maximum Gasteiger partial charge on any atom is 0.242 e. The summed E-state index contributed by atoms with van der Waals surface area (Å²) in [7, 11) is 1.76. The summed E-state index contributed by atoms with van der Waals surface area (Å²) in [6.07, 6.45) is 5.09. The smallest absolute Gasteiger partial charge is 0.242 e. The first kappa shape index (κ1) is 22.4. The van der Waals surface area contributed by atoms with E-state index in [1.165, 1.54) is 31.5 Å². The van der Waals surface area contributed by atoms with Crippen molar-refractivity contribution in [3.63, 3.8) is 0 Å². The molecule has 0 bridgehead atoms. The second kappa shape index (κ2) is 11.8. The highest BCUT2D eigenvalue weighted by atomic mass is 16.2. The molecule has 2 N–H and O–H groups in total. The number of carbonyl (C=O) groups is 1. The van der Waals surface area contributed by atoms with Crippen LogP contribution in [-0.4, -0.2) is 87.1 Å². The number of piperidine rings is 1. The fourth-order valence-corrected chi connectivity index (χ4v) is 4.32. The van der Waals surface area contributed by atoms with E-state index >= 15 is 0 Å². The third-order valence-corrected chi connectivity index (χ3v) is 6.24. The summed E-state index contributed by atoms with van der Waals surface area (Å²) in [6, 6.07) is 11.1. The van der Waals surface area contributed by atoms with Gasteiger partial charge in [-0.1, -0.05) is 24.6 Å². The second-order valence-corrected chi connectivity index (χ2v) is 8.29. The van der Waals surface area contributed by atoms with Crippen LogP contribution in [0.4, 0.5) is 5.69 Å². The molecule has 7 nitrogen and oxygen atoms in total. The highest BCUT2D eigenvalue weighted by molar-refractivity contribution is 5.86. The molecule has 1 unspecified atom stereocenters. The summed E-state index contributed by atoms with van der Waals surface area (Å²) >= 11 is 0. The molecule has 2 fully saturated rings. The predicted molar refractivity (Wildman–Crippen MR) is 124 cm³/mol. The number of hydrogen-bond donors (Lipinski definition) is 2. The molecule has 0 spiro atoms. The van der Waals surface area contributed by atoms with Crippen LogP contribution in [0.1, 0.15) is 32.6 Å². The van der Waals surface area contributed by atoms with E-state index in [1.54, 1.807) is 7.05 Å². The maximum absolute atomic E-state index is 12.6. The number of anilines is 1. The van der Waals surface area contributed by atoms with Crippen molar-refractivity contribution in [2.45, 2.75) is 38.6 Å². The van der Waals surface area contributed by atoms with Gasteiger partial charge in [0.05, 0.1) is 6.54 Å². The van der Waals surface area contributed by atoms with E-state index in [0.717, 1.165) is 45.7 Å². The summed E-state index contributed by atoms with van der Waals surface area (Å²) in [5, 5.41) is 6.52. The average molecular weight is 415 g/mol. The van der Waals surface area contributed by atoms with Crippen molar-refractivity contribution in [1.82, 2.24) is 20.4 Å². The molecule has 0 aromatic heterocycles. The minimum Gasteiger partial charge on any atom is -0.368 e. The van der Waals surface area contributed by atoms with E-state index in [9.17, 15) is 4.79 Å². The molecule has 30 heavy (non-hydrogen) atoms. The molecule has 7 heteroatoms. The fraction of sp³-hybridized carbons (Fsp3) is 0.652. The number of piperazine rings is 1. The molecule has 2 aliphatic heterocycles.